The summed E-state index contributed by atoms with van der Waals surface area (Å²) in [6, 6.07) is 11.6. The van der Waals surface area contributed by atoms with Crippen LogP contribution >= 0.6 is 11.8 Å². The minimum absolute atomic E-state index is 0.291. The van der Waals surface area contributed by atoms with Crippen molar-refractivity contribution in [1.82, 2.24) is 9.55 Å². The molecule has 3 aromatic rings. The summed E-state index contributed by atoms with van der Waals surface area (Å²) in [7, 11) is 5.69. The smallest absolute Gasteiger partial charge is 0.255 e. The fourth-order valence-corrected chi connectivity index (χ4v) is 3.23. The van der Waals surface area contributed by atoms with Gasteiger partial charge in [0.25, 0.3) is 5.91 Å². The monoisotopic (exact) mass is 370 g/mol. The molecule has 0 saturated carbocycles. The van der Waals surface area contributed by atoms with Crippen LogP contribution in [0.25, 0.3) is 0 Å². The molecule has 0 saturated heterocycles. The zero-order valence-electron chi connectivity index (χ0n) is 14.7. The van der Waals surface area contributed by atoms with Crippen LogP contribution in [0.2, 0.25) is 0 Å². The summed E-state index contributed by atoms with van der Waals surface area (Å²) >= 11 is 1.36. The number of imidazole rings is 1. The first kappa shape index (κ1) is 18.0. The van der Waals surface area contributed by atoms with Crippen molar-refractivity contribution in [3.63, 3.8) is 0 Å². The van der Waals surface area contributed by atoms with Crippen LogP contribution < -0.4 is 10.2 Å². The zero-order valence-corrected chi connectivity index (χ0v) is 15.5. The molecule has 0 spiro atoms. The Morgan fingerprint density at radius 3 is 2.73 bits per heavy atom. The molecule has 1 amide bonds. The first-order valence-corrected chi connectivity index (χ1v) is 8.79. The van der Waals surface area contributed by atoms with E-state index in [4.69, 9.17) is 0 Å². The van der Waals surface area contributed by atoms with Crippen LogP contribution in [0.4, 0.5) is 15.8 Å². The second-order valence-electron chi connectivity index (χ2n) is 5.96. The van der Waals surface area contributed by atoms with E-state index < -0.39 is 5.82 Å². The largest absolute Gasteiger partial charge is 0.378 e. The van der Waals surface area contributed by atoms with Crippen molar-refractivity contribution >= 4 is 29.0 Å². The number of amides is 1. The Morgan fingerprint density at radius 1 is 1.23 bits per heavy atom. The summed E-state index contributed by atoms with van der Waals surface area (Å²) in [5.41, 5.74) is 1.84. The number of benzene rings is 2. The minimum atomic E-state index is -0.411. The van der Waals surface area contributed by atoms with Crippen molar-refractivity contribution in [3.05, 3.63) is 66.2 Å². The lowest BCUT2D eigenvalue weighted by atomic mass is 10.1. The maximum absolute atomic E-state index is 13.7. The molecule has 1 N–H and O–H groups in total. The first-order chi connectivity index (χ1) is 12.4. The molecular weight excluding hydrogens is 351 g/mol. The molecule has 0 aliphatic carbocycles. The van der Waals surface area contributed by atoms with E-state index in [1.165, 1.54) is 23.9 Å². The Hall–Kier alpha value is -2.80. The van der Waals surface area contributed by atoms with Crippen LogP contribution in [0, 0.1) is 5.82 Å². The number of hydrogen-bond acceptors (Lipinski definition) is 4. The molecule has 0 unspecified atom stereocenters. The van der Waals surface area contributed by atoms with Crippen molar-refractivity contribution < 1.29 is 9.18 Å². The molecule has 0 fully saturated rings. The van der Waals surface area contributed by atoms with Gasteiger partial charge in [-0.1, -0.05) is 6.07 Å². The predicted molar refractivity (Wildman–Crippen MR) is 102 cm³/mol. The maximum atomic E-state index is 13.7. The highest BCUT2D eigenvalue weighted by Gasteiger charge is 2.13. The molecule has 0 radical (unpaired) electrons. The summed E-state index contributed by atoms with van der Waals surface area (Å²) in [4.78, 5) is 19.5. The van der Waals surface area contributed by atoms with E-state index in [0.29, 0.717) is 11.3 Å². The lowest BCUT2D eigenvalue weighted by Gasteiger charge is -2.14. The molecule has 2 aromatic carbocycles. The van der Waals surface area contributed by atoms with Crippen molar-refractivity contribution in [3.8, 4) is 0 Å². The molecule has 7 heteroatoms. The zero-order chi connectivity index (χ0) is 18.7. The average molecular weight is 370 g/mol. The van der Waals surface area contributed by atoms with E-state index >= 15 is 0 Å². The molecule has 1 heterocycles. The Bertz CT molecular complexity index is 939. The molecule has 26 heavy (non-hydrogen) atoms. The van der Waals surface area contributed by atoms with Gasteiger partial charge in [0.05, 0.1) is 5.69 Å². The van der Waals surface area contributed by atoms with Gasteiger partial charge < -0.3 is 14.8 Å². The Balaban J connectivity index is 1.87. The summed E-state index contributed by atoms with van der Waals surface area (Å²) in [6.45, 7) is 0. The van der Waals surface area contributed by atoms with Gasteiger partial charge in [0.2, 0.25) is 0 Å². The van der Waals surface area contributed by atoms with Crippen molar-refractivity contribution in [1.29, 1.82) is 0 Å². The van der Waals surface area contributed by atoms with Crippen LogP contribution in [-0.4, -0.2) is 29.6 Å². The van der Waals surface area contributed by atoms with E-state index in [0.717, 1.165) is 15.7 Å². The van der Waals surface area contributed by atoms with Gasteiger partial charge in [0, 0.05) is 49.7 Å². The van der Waals surface area contributed by atoms with Crippen LogP contribution in [0.1, 0.15) is 10.4 Å². The number of halogens is 1. The van der Waals surface area contributed by atoms with Crippen LogP contribution in [0.15, 0.2) is 64.9 Å². The first-order valence-electron chi connectivity index (χ1n) is 7.97. The summed E-state index contributed by atoms with van der Waals surface area (Å²) in [5.74, 6) is -0.701. The van der Waals surface area contributed by atoms with E-state index in [9.17, 15) is 9.18 Å². The van der Waals surface area contributed by atoms with E-state index in [1.807, 2.05) is 48.9 Å². The fraction of sp³-hybridized carbons (Fsp3) is 0.158. The van der Waals surface area contributed by atoms with Gasteiger partial charge in [-0.3, -0.25) is 4.79 Å². The number of anilines is 2. The molecule has 3 rings (SSSR count). The number of nitrogens with one attached hydrogen (secondary N) is 1. The summed E-state index contributed by atoms with van der Waals surface area (Å²) in [6.07, 6.45) is 3.52. The van der Waals surface area contributed by atoms with Crippen molar-refractivity contribution in [2.75, 3.05) is 24.3 Å². The number of aromatic nitrogens is 2. The summed E-state index contributed by atoms with van der Waals surface area (Å²) < 4.78 is 15.6. The molecular formula is C19H19FN4OS. The predicted octanol–water partition coefficient (Wildman–Crippen LogP) is 4.03. The van der Waals surface area contributed by atoms with Crippen LogP contribution in [-0.2, 0) is 7.05 Å². The topological polar surface area (TPSA) is 50.2 Å². The lowest BCUT2D eigenvalue weighted by Crippen LogP contribution is -2.14. The van der Waals surface area contributed by atoms with Gasteiger partial charge in [-0.25, -0.2) is 9.37 Å². The highest BCUT2D eigenvalue weighted by Crippen LogP contribution is 2.33. The molecule has 0 aliphatic heterocycles. The van der Waals surface area contributed by atoms with Crippen molar-refractivity contribution in [2.24, 2.45) is 7.05 Å². The van der Waals surface area contributed by atoms with Crippen molar-refractivity contribution in [2.45, 2.75) is 10.1 Å². The van der Waals surface area contributed by atoms with Crippen LogP contribution in [0.5, 0.6) is 0 Å². The Labute approximate surface area is 155 Å². The number of rotatable bonds is 5. The third-order valence-electron chi connectivity index (χ3n) is 3.79. The molecule has 0 aliphatic rings. The SMILES string of the molecule is CN(C)c1cccc(C(=O)Nc2cc(F)ccc2Sc2nccn2C)c1. The normalized spacial score (nSPS) is 10.6. The lowest BCUT2D eigenvalue weighted by molar-refractivity contribution is 0.102. The molecule has 5 nitrogen and oxygen atoms in total. The Morgan fingerprint density at radius 2 is 2.04 bits per heavy atom. The second kappa shape index (κ2) is 7.61. The maximum Gasteiger partial charge on any atom is 0.255 e. The third-order valence-corrected chi connectivity index (χ3v) is 4.94. The third kappa shape index (κ3) is 4.05. The van der Waals surface area contributed by atoms with Gasteiger partial charge in [-0.05, 0) is 48.2 Å². The molecule has 0 bridgehead atoms. The van der Waals surface area contributed by atoms with Gasteiger partial charge in [-0.2, -0.15) is 0 Å². The Kier molecular flexibility index (Phi) is 5.27. The number of hydrogen-bond donors (Lipinski definition) is 1. The van der Waals surface area contributed by atoms with Gasteiger partial charge >= 0.3 is 0 Å². The molecule has 0 atom stereocenters. The quantitative estimate of drug-likeness (QED) is 0.737. The molecule has 134 valence electrons. The minimum Gasteiger partial charge on any atom is -0.378 e. The fourth-order valence-electron chi connectivity index (χ4n) is 2.36. The van der Waals surface area contributed by atoms with E-state index in [2.05, 4.69) is 10.3 Å². The number of carbonyl (C=O) groups is 1. The van der Waals surface area contributed by atoms with Gasteiger partial charge in [0.15, 0.2) is 5.16 Å². The average Bonchev–Trinajstić information content (AvgIpc) is 3.02. The van der Waals surface area contributed by atoms with Gasteiger partial charge in [-0.15, -0.1) is 0 Å². The number of aryl methyl sites for hydroxylation is 1. The molecule has 1 aromatic heterocycles. The van der Waals surface area contributed by atoms with E-state index in [-0.39, 0.29) is 5.91 Å². The van der Waals surface area contributed by atoms with Crippen LogP contribution in [0.3, 0.4) is 0 Å². The van der Waals surface area contributed by atoms with Gasteiger partial charge in [0.1, 0.15) is 5.82 Å². The second-order valence-corrected chi connectivity index (χ2v) is 6.97. The highest BCUT2D eigenvalue weighted by molar-refractivity contribution is 7.99. The van der Waals surface area contributed by atoms with E-state index in [1.54, 1.807) is 24.4 Å². The standard InChI is InChI=1S/C19H19FN4OS/c1-23(2)15-6-4-5-13(11-15)18(25)22-16-12-14(20)7-8-17(16)26-19-21-9-10-24(19)3/h4-12H,1-3H3,(H,22,25). The number of nitrogens with zero attached hydrogens (tertiary/aromatic N) is 3. The highest BCUT2D eigenvalue weighted by atomic mass is 32.2. The summed E-state index contributed by atoms with van der Waals surface area (Å²) in [5, 5.41) is 3.56. The number of carbonyl (C=O) groups excluding carboxylic acids is 1.